The number of anilines is 1. The normalized spacial score (nSPS) is 19.7. The van der Waals surface area contributed by atoms with Crippen molar-refractivity contribution in [1.82, 2.24) is 4.90 Å². The predicted octanol–water partition coefficient (Wildman–Crippen LogP) is 2.37. The first kappa shape index (κ1) is 17.6. The third-order valence-corrected chi connectivity index (χ3v) is 4.99. The molecule has 0 unspecified atom stereocenters. The Balaban J connectivity index is 1.69. The smallest absolute Gasteiger partial charge is 0.325 e. The molecule has 1 saturated carbocycles. The average Bonchev–Trinajstić information content (AvgIpc) is 2.95. The Morgan fingerprint density at radius 1 is 1.08 bits per heavy atom. The highest BCUT2D eigenvalue weighted by molar-refractivity contribution is 6.17. The van der Waals surface area contributed by atoms with E-state index >= 15 is 0 Å². The van der Waals surface area contributed by atoms with Gasteiger partial charge in [0, 0.05) is 12.8 Å². The minimum Gasteiger partial charge on any atom is -0.426 e. The highest BCUT2D eigenvalue weighted by Crippen LogP contribution is 2.47. The second kappa shape index (κ2) is 6.96. The van der Waals surface area contributed by atoms with Crippen LogP contribution in [-0.2, 0) is 14.4 Å². The van der Waals surface area contributed by atoms with Crippen molar-refractivity contribution in [1.29, 1.82) is 0 Å². The number of esters is 1. The molecule has 3 rings (SSSR count). The third kappa shape index (κ3) is 3.90. The number of carbonyl (C=O) groups excluding carboxylic acids is 3. The van der Waals surface area contributed by atoms with Crippen LogP contribution in [0.2, 0.25) is 0 Å². The van der Waals surface area contributed by atoms with Gasteiger partial charge in [0.05, 0.1) is 12.2 Å². The summed E-state index contributed by atoms with van der Waals surface area (Å²) in [6.45, 7) is 0.187. The number of hydrogen-bond donors (Lipinski definition) is 0. The summed E-state index contributed by atoms with van der Waals surface area (Å²) in [5.74, 6) is -0.211. The van der Waals surface area contributed by atoms with Crippen LogP contribution in [0.5, 0.6) is 5.75 Å². The van der Waals surface area contributed by atoms with Crippen LogP contribution in [0.3, 0.4) is 0 Å². The van der Waals surface area contributed by atoms with Crippen LogP contribution in [-0.4, -0.2) is 43.3 Å². The molecule has 1 heterocycles. The van der Waals surface area contributed by atoms with E-state index in [2.05, 4.69) is 0 Å². The molecule has 2 fully saturated rings. The third-order valence-electron chi connectivity index (χ3n) is 4.99. The van der Waals surface area contributed by atoms with Crippen LogP contribution in [0.15, 0.2) is 24.3 Å². The zero-order valence-corrected chi connectivity index (χ0v) is 14.8. The fourth-order valence-electron chi connectivity index (χ4n) is 3.85. The van der Waals surface area contributed by atoms with E-state index in [1.807, 2.05) is 0 Å². The predicted molar refractivity (Wildman–Crippen MR) is 93.3 cm³/mol. The summed E-state index contributed by atoms with van der Waals surface area (Å²) < 4.78 is 5.23. The lowest BCUT2D eigenvalue weighted by Gasteiger charge is -2.37. The first-order valence-corrected chi connectivity index (χ1v) is 8.70. The molecule has 6 nitrogen and oxygen atoms in total. The average molecular weight is 344 g/mol. The molecule has 1 aliphatic carbocycles. The lowest BCUT2D eigenvalue weighted by Crippen LogP contribution is -2.47. The summed E-state index contributed by atoms with van der Waals surface area (Å²) in [5, 5.41) is 0. The molecule has 1 spiro atoms. The first-order valence-electron chi connectivity index (χ1n) is 8.70. The van der Waals surface area contributed by atoms with Gasteiger partial charge in [-0.25, -0.2) is 0 Å². The summed E-state index contributed by atoms with van der Waals surface area (Å²) in [6, 6.07) is 6.54. The SMILES string of the molecule is CN(C)CC(=O)Oc1ccc(N2C(=O)CC3(CCCC3)CC2=O)cc1. The molecule has 1 aliphatic heterocycles. The summed E-state index contributed by atoms with van der Waals surface area (Å²) in [5.41, 5.74) is 0.432. The van der Waals surface area contributed by atoms with E-state index in [0.717, 1.165) is 25.7 Å². The Hall–Kier alpha value is -2.21. The maximum Gasteiger partial charge on any atom is 0.325 e. The Bertz CT molecular complexity index is 655. The number of ether oxygens (including phenoxy) is 1. The van der Waals surface area contributed by atoms with Crippen molar-refractivity contribution in [2.24, 2.45) is 5.41 Å². The zero-order valence-electron chi connectivity index (χ0n) is 14.8. The topological polar surface area (TPSA) is 66.9 Å². The van der Waals surface area contributed by atoms with Crippen molar-refractivity contribution in [3.63, 3.8) is 0 Å². The van der Waals surface area contributed by atoms with Gasteiger partial charge in [-0.15, -0.1) is 0 Å². The van der Waals surface area contributed by atoms with Crippen molar-refractivity contribution < 1.29 is 19.1 Å². The quantitative estimate of drug-likeness (QED) is 0.477. The van der Waals surface area contributed by atoms with Crippen molar-refractivity contribution in [3.05, 3.63) is 24.3 Å². The van der Waals surface area contributed by atoms with Gasteiger partial charge < -0.3 is 4.74 Å². The zero-order chi connectivity index (χ0) is 18.0. The molecule has 0 aromatic heterocycles. The summed E-state index contributed by atoms with van der Waals surface area (Å²) in [6.07, 6.45) is 5.04. The molecule has 6 heteroatoms. The fraction of sp³-hybridized carbons (Fsp3) is 0.526. The Morgan fingerprint density at radius 3 is 2.16 bits per heavy atom. The van der Waals surface area contributed by atoms with Gasteiger partial charge in [-0.1, -0.05) is 12.8 Å². The first-order chi connectivity index (χ1) is 11.9. The molecule has 1 saturated heterocycles. The molecule has 0 N–H and O–H groups in total. The summed E-state index contributed by atoms with van der Waals surface area (Å²) >= 11 is 0. The number of rotatable bonds is 4. The van der Waals surface area contributed by atoms with E-state index in [0.29, 0.717) is 24.3 Å². The molecule has 0 atom stereocenters. The van der Waals surface area contributed by atoms with Crippen LogP contribution in [0.1, 0.15) is 38.5 Å². The Morgan fingerprint density at radius 2 is 1.64 bits per heavy atom. The minimum absolute atomic E-state index is 0.105. The molecule has 1 aromatic carbocycles. The highest BCUT2D eigenvalue weighted by atomic mass is 16.5. The molecule has 2 amide bonds. The lowest BCUT2D eigenvalue weighted by atomic mass is 9.76. The maximum absolute atomic E-state index is 12.6. The standard InChI is InChI=1S/C19H24N2O4/c1-20(2)13-18(24)25-15-7-5-14(6-8-15)21-16(22)11-19(12-17(21)23)9-3-4-10-19/h5-8H,3-4,9-13H2,1-2H3. The lowest BCUT2D eigenvalue weighted by molar-refractivity contribution is -0.135. The molecule has 25 heavy (non-hydrogen) atoms. The van der Waals surface area contributed by atoms with E-state index in [1.165, 1.54) is 4.90 Å². The fourth-order valence-corrected chi connectivity index (χ4v) is 3.85. The molecule has 134 valence electrons. The maximum atomic E-state index is 12.6. The number of nitrogens with zero attached hydrogens (tertiary/aromatic N) is 2. The molecular weight excluding hydrogens is 320 g/mol. The van der Waals surface area contributed by atoms with Crippen molar-refractivity contribution >= 4 is 23.5 Å². The molecule has 0 radical (unpaired) electrons. The van der Waals surface area contributed by atoms with Gasteiger partial charge in [0.2, 0.25) is 11.8 Å². The van der Waals surface area contributed by atoms with E-state index in [4.69, 9.17) is 4.74 Å². The Kier molecular flexibility index (Phi) is 4.90. The van der Waals surface area contributed by atoms with Crippen LogP contribution in [0, 0.1) is 5.41 Å². The van der Waals surface area contributed by atoms with Crippen LogP contribution in [0.25, 0.3) is 0 Å². The van der Waals surface area contributed by atoms with E-state index in [9.17, 15) is 14.4 Å². The number of imide groups is 1. The largest absolute Gasteiger partial charge is 0.426 e. The van der Waals surface area contributed by atoms with E-state index in [-0.39, 0.29) is 29.7 Å². The van der Waals surface area contributed by atoms with Crippen molar-refractivity contribution in [2.75, 3.05) is 25.5 Å². The van der Waals surface area contributed by atoms with E-state index < -0.39 is 0 Å². The van der Waals surface area contributed by atoms with Gasteiger partial charge in [-0.05, 0) is 56.6 Å². The van der Waals surface area contributed by atoms with Gasteiger partial charge >= 0.3 is 5.97 Å². The summed E-state index contributed by atoms with van der Waals surface area (Å²) in [7, 11) is 3.57. The van der Waals surface area contributed by atoms with Crippen molar-refractivity contribution in [2.45, 2.75) is 38.5 Å². The second-order valence-corrected chi connectivity index (χ2v) is 7.39. The monoisotopic (exact) mass is 344 g/mol. The summed E-state index contributed by atoms with van der Waals surface area (Å²) in [4.78, 5) is 39.8. The second-order valence-electron chi connectivity index (χ2n) is 7.39. The number of hydrogen-bond acceptors (Lipinski definition) is 5. The van der Waals surface area contributed by atoms with Crippen LogP contribution in [0.4, 0.5) is 5.69 Å². The molecule has 2 aliphatic rings. The van der Waals surface area contributed by atoms with Gasteiger partial charge in [-0.2, -0.15) is 0 Å². The number of likely N-dealkylation sites (N-methyl/N-ethyl adjacent to an activating group) is 1. The minimum atomic E-state index is -0.356. The Labute approximate surface area is 147 Å². The number of piperidine rings is 1. The van der Waals surface area contributed by atoms with Gasteiger partial charge in [0.25, 0.3) is 0 Å². The van der Waals surface area contributed by atoms with Crippen LogP contribution >= 0.6 is 0 Å². The van der Waals surface area contributed by atoms with Gasteiger partial charge in [0.15, 0.2) is 0 Å². The highest BCUT2D eigenvalue weighted by Gasteiger charge is 2.45. The number of carbonyl (C=O) groups is 3. The van der Waals surface area contributed by atoms with Crippen molar-refractivity contribution in [3.8, 4) is 5.75 Å². The molecule has 0 bridgehead atoms. The van der Waals surface area contributed by atoms with Crippen LogP contribution < -0.4 is 9.64 Å². The molecule has 1 aromatic rings. The van der Waals surface area contributed by atoms with E-state index in [1.54, 1.807) is 43.3 Å². The van der Waals surface area contributed by atoms with Gasteiger partial charge in [0.1, 0.15) is 5.75 Å². The number of amides is 2. The number of benzene rings is 1. The molecular formula is C19H24N2O4. The van der Waals surface area contributed by atoms with Gasteiger partial charge in [-0.3, -0.25) is 24.2 Å².